The van der Waals surface area contributed by atoms with Gasteiger partial charge in [0.15, 0.2) is 0 Å². The minimum Gasteiger partial charge on any atom is -0.467 e. The van der Waals surface area contributed by atoms with Gasteiger partial charge in [0.2, 0.25) is 0 Å². The third kappa shape index (κ3) is 5.84. The molecule has 1 N–H and O–H groups in total. The van der Waals surface area contributed by atoms with Crippen LogP contribution >= 0.6 is 22.9 Å². The molecule has 39 heavy (non-hydrogen) atoms. The molecule has 4 aromatic rings. The topological polar surface area (TPSA) is 111 Å². The number of aliphatic imine (C=N–C) groups is 1. The Balaban J connectivity index is 1.44. The van der Waals surface area contributed by atoms with Gasteiger partial charge in [-0.15, -0.1) is 11.3 Å². The molecule has 0 radical (unpaired) electrons. The molecule has 0 fully saturated rings. The third-order valence-electron chi connectivity index (χ3n) is 7.06. The molecule has 8 nitrogen and oxygen atoms in total. The minimum atomic E-state index is -0.480. The van der Waals surface area contributed by atoms with Crippen LogP contribution in [-0.4, -0.2) is 17.0 Å². The fourth-order valence-corrected chi connectivity index (χ4v) is 6.29. The first kappa shape index (κ1) is 26.9. The van der Waals surface area contributed by atoms with Crippen LogP contribution in [0.5, 0.6) is 0 Å². The summed E-state index contributed by atoms with van der Waals surface area (Å²) in [4.78, 5) is 30.0. The van der Waals surface area contributed by atoms with Crippen molar-refractivity contribution in [2.24, 2.45) is 16.3 Å². The summed E-state index contributed by atoms with van der Waals surface area (Å²) in [5.74, 6) is 1.84. The number of benzene rings is 1. The van der Waals surface area contributed by atoms with E-state index in [0.29, 0.717) is 44.3 Å². The van der Waals surface area contributed by atoms with E-state index >= 15 is 0 Å². The Bertz CT molecular complexity index is 1550. The molecule has 0 saturated heterocycles. The van der Waals surface area contributed by atoms with Crippen molar-refractivity contribution in [2.75, 3.05) is 0 Å². The van der Waals surface area contributed by atoms with Gasteiger partial charge in [-0.25, -0.2) is 4.99 Å². The summed E-state index contributed by atoms with van der Waals surface area (Å²) >= 11 is 7.82. The molecule has 0 aliphatic heterocycles. The molecule has 1 aromatic carbocycles. The van der Waals surface area contributed by atoms with Gasteiger partial charge in [-0.2, -0.15) is 0 Å². The zero-order valence-electron chi connectivity index (χ0n) is 21.8. The van der Waals surface area contributed by atoms with Gasteiger partial charge in [0.05, 0.1) is 34.5 Å². The van der Waals surface area contributed by atoms with Crippen molar-refractivity contribution in [3.8, 4) is 11.3 Å². The number of amides is 1. The summed E-state index contributed by atoms with van der Waals surface area (Å²) in [6.07, 6.45) is 5.89. The second-order valence-electron chi connectivity index (χ2n) is 10.6. The highest BCUT2D eigenvalue weighted by Gasteiger charge is 2.33. The van der Waals surface area contributed by atoms with E-state index in [0.717, 1.165) is 24.8 Å². The van der Waals surface area contributed by atoms with Crippen molar-refractivity contribution in [3.63, 3.8) is 0 Å². The van der Waals surface area contributed by atoms with Crippen molar-refractivity contribution < 1.29 is 18.6 Å². The molecule has 10 heteroatoms. The molecule has 5 rings (SSSR count). The quantitative estimate of drug-likeness (QED) is 0.139. The van der Waals surface area contributed by atoms with Crippen molar-refractivity contribution in [1.82, 2.24) is 5.32 Å². The minimum absolute atomic E-state index is 0.0797. The Morgan fingerprint density at radius 1 is 1.28 bits per heavy atom. The number of nitro groups is 1. The van der Waals surface area contributed by atoms with E-state index in [-0.39, 0.29) is 23.6 Å². The summed E-state index contributed by atoms with van der Waals surface area (Å²) in [6, 6.07) is 11.2. The molecule has 1 aliphatic rings. The Hall–Kier alpha value is -3.69. The highest BCUT2D eigenvalue weighted by atomic mass is 35.5. The molecule has 202 valence electrons. The number of thiophene rings is 1. The molecule has 0 spiro atoms. The molecule has 0 unspecified atom stereocenters. The van der Waals surface area contributed by atoms with Crippen LogP contribution in [0.4, 0.5) is 10.7 Å². The van der Waals surface area contributed by atoms with Crippen LogP contribution in [0.1, 0.15) is 59.5 Å². The van der Waals surface area contributed by atoms with Gasteiger partial charge in [0.25, 0.3) is 11.6 Å². The monoisotopic (exact) mass is 565 g/mol. The first-order chi connectivity index (χ1) is 18.6. The predicted molar refractivity (Wildman–Crippen MR) is 152 cm³/mol. The summed E-state index contributed by atoms with van der Waals surface area (Å²) in [5.41, 5.74) is 2.17. The van der Waals surface area contributed by atoms with E-state index in [9.17, 15) is 14.9 Å². The molecule has 1 amide bonds. The first-order valence-electron chi connectivity index (χ1n) is 12.6. The van der Waals surface area contributed by atoms with Crippen LogP contribution in [0.2, 0.25) is 5.02 Å². The van der Waals surface area contributed by atoms with E-state index in [4.69, 9.17) is 20.4 Å². The molecular weight excluding hydrogens is 538 g/mol. The maximum Gasteiger partial charge on any atom is 0.270 e. The normalized spacial score (nSPS) is 15.4. The van der Waals surface area contributed by atoms with Crippen LogP contribution in [0.25, 0.3) is 11.3 Å². The van der Waals surface area contributed by atoms with Gasteiger partial charge in [0, 0.05) is 22.6 Å². The van der Waals surface area contributed by atoms with Crippen molar-refractivity contribution in [1.29, 1.82) is 0 Å². The van der Waals surface area contributed by atoms with E-state index < -0.39 is 4.92 Å². The highest BCUT2D eigenvalue weighted by Crippen LogP contribution is 2.45. The molecule has 3 heterocycles. The average Bonchev–Trinajstić information content (AvgIpc) is 3.65. The number of carbonyl (C=O) groups excluding carboxylic acids is 1. The van der Waals surface area contributed by atoms with E-state index in [1.807, 2.05) is 6.07 Å². The van der Waals surface area contributed by atoms with Gasteiger partial charge in [-0.05, 0) is 66.5 Å². The summed E-state index contributed by atoms with van der Waals surface area (Å²) in [7, 11) is 0. The first-order valence-corrected chi connectivity index (χ1v) is 13.8. The number of halogens is 1. The number of hydrogen-bond acceptors (Lipinski definition) is 7. The van der Waals surface area contributed by atoms with E-state index in [2.05, 4.69) is 31.1 Å². The van der Waals surface area contributed by atoms with Gasteiger partial charge in [0.1, 0.15) is 22.3 Å². The SMILES string of the molecule is CC(C)(C)[C@H]1CCc2c(sc(N=Cc3ccc(-c4cc([N+](=O)[O-])ccc4Cl)o3)c2C(=O)NCc2ccco2)C1. The lowest BCUT2D eigenvalue weighted by Gasteiger charge is -2.33. The van der Waals surface area contributed by atoms with Gasteiger partial charge in [-0.1, -0.05) is 32.4 Å². The lowest BCUT2D eigenvalue weighted by molar-refractivity contribution is -0.384. The Labute approximate surface area is 234 Å². The third-order valence-corrected chi connectivity index (χ3v) is 8.56. The molecule has 3 aromatic heterocycles. The zero-order chi connectivity index (χ0) is 27.7. The Kier molecular flexibility index (Phi) is 7.46. The molecular formula is C29H28ClN3O5S. The number of non-ortho nitro benzene ring substituents is 1. The maximum atomic E-state index is 13.4. The largest absolute Gasteiger partial charge is 0.467 e. The molecule has 1 atom stereocenters. The number of rotatable bonds is 7. The van der Waals surface area contributed by atoms with Gasteiger partial charge >= 0.3 is 0 Å². The lowest BCUT2D eigenvalue weighted by Crippen LogP contribution is -2.28. The lowest BCUT2D eigenvalue weighted by atomic mass is 9.72. The smallest absolute Gasteiger partial charge is 0.270 e. The highest BCUT2D eigenvalue weighted by molar-refractivity contribution is 7.16. The average molecular weight is 566 g/mol. The van der Waals surface area contributed by atoms with E-state index in [1.165, 1.54) is 23.1 Å². The number of fused-ring (bicyclic) bond motifs is 1. The summed E-state index contributed by atoms with van der Waals surface area (Å²) in [5, 5.41) is 15.1. The number of furan rings is 2. The van der Waals surface area contributed by atoms with Crippen LogP contribution < -0.4 is 5.32 Å². The van der Waals surface area contributed by atoms with Crippen LogP contribution in [0.15, 0.2) is 62.6 Å². The number of hydrogen-bond donors (Lipinski definition) is 1. The number of nitro benzene ring substituents is 1. The van der Waals surface area contributed by atoms with Crippen molar-refractivity contribution in [2.45, 2.75) is 46.6 Å². The zero-order valence-corrected chi connectivity index (χ0v) is 23.4. The second kappa shape index (κ2) is 10.8. The summed E-state index contributed by atoms with van der Waals surface area (Å²) in [6.45, 7) is 7.06. The number of nitrogens with one attached hydrogen (secondary N) is 1. The summed E-state index contributed by atoms with van der Waals surface area (Å²) < 4.78 is 11.3. The van der Waals surface area contributed by atoms with Crippen molar-refractivity contribution >= 4 is 45.7 Å². The van der Waals surface area contributed by atoms with Crippen LogP contribution in [0.3, 0.4) is 0 Å². The van der Waals surface area contributed by atoms with Crippen LogP contribution in [-0.2, 0) is 19.4 Å². The molecule has 0 bridgehead atoms. The Morgan fingerprint density at radius 2 is 2.10 bits per heavy atom. The Morgan fingerprint density at radius 3 is 2.82 bits per heavy atom. The fourth-order valence-electron chi connectivity index (χ4n) is 4.81. The van der Waals surface area contributed by atoms with Crippen molar-refractivity contribution in [3.05, 3.63) is 91.4 Å². The van der Waals surface area contributed by atoms with E-state index in [1.54, 1.807) is 42.0 Å². The standard InChI is InChI=1S/C29H28ClN3O5S/c1-29(2,3)17-6-9-21-25(13-17)39-28(26(21)27(34)31-15-19-5-4-12-37-19)32-16-20-8-11-24(38-20)22-14-18(33(35)36)7-10-23(22)30/h4-5,7-8,10-12,14,16-17H,6,9,13,15H2,1-3H3,(H,31,34)/t17-/m0/s1. The molecule has 0 saturated carbocycles. The van der Waals surface area contributed by atoms with Gasteiger partial charge < -0.3 is 14.2 Å². The van der Waals surface area contributed by atoms with Gasteiger partial charge in [-0.3, -0.25) is 14.9 Å². The molecule has 1 aliphatic carbocycles. The second-order valence-corrected chi connectivity index (χ2v) is 12.1. The number of nitrogens with zero attached hydrogens (tertiary/aromatic N) is 2. The maximum absolute atomic E-state index is 13.4. The van der Waals surface area contributed by atoms with Crippen LogP contribution in [0, 0.1) is 21.4 Å². The number of carbonyl (C=O) groups is 1. The fraction of sp³-hybridized carbons (Fsp3) is 0.310. The predicted octanol–water partition coefficient (Wildman–Crippen LogP) is 7.99.